The number of hydrogen-bond donors (Lipinski definition) is 0. The Labute approximate surface area is 203 Å². The first-order chi connectivity index (χ1) is 15.9. The molecule has 0 atom stereocenters. The molecule has 1 heterocycles. The highest BCUT2D eigenvalue weighted by Crippen LogP contribution is 2.36. The summed E-state index contributed by atoms with van der Waals surface area (Å²) < 4.78 is 25.2. The molecule has 1 saturated heterocycles. The van der Waals surface area contributed by atoms with Crippen molar-refractivity contribution < 1.29 is 23.5 Å². The van der Waals surface area contributed by atoms with Gasteiger partial charge in [0, 0.05) is 4.47 Å². The highest BCUT2D eigenvalue weighted by molar-refractivity contribution is 9.10. The molecule has 0 unspecified atom stereocenters. The zero-order valence-electron chi connectivity index (χ0n) is 17.6. The number of nitrogens with zero attached hydrogens (tertiary/aromatic N) is 1. The largest absolute Gasteiger partial charge is 0.493 e. The van der Waals surface area contributed by atoms with E-state index in [0.29, 0.717) is 22.0 Å². The number of carbonyl (C=O) groups excluding carboxylic acids is 2. The molecule has 1 aliphatic rings. The zero-order valence-corrected chi connectivity index (χ0v) is 20.0. The normalized spacial score (nSPS) is 14.8. The number of hydrogen-bond acceptors (Lipinski definition) is 5. The Bertz CT molecular complexity index is 1230. The van der Waals surface area contributed by atoms with Gasteiger partial charge in [0.25, 0.3) is 11.1 Å². The predicted octanol–water partition coefficient (Wildman–Crippen LogP) is 6.41. The Hall–Kier alpha value is -3.10. The number of halogens is 2. The number of amides is 2. The van der Waals surface area contributed by atoms with E-state index in [-0.39, 0.29) is 30.1 Å². The summed E-state index contributed by atoms with van der Waals surface area (Å²) >= 11 is 4.36. The van der Waals surface area contributed by atoms with E-state index in [0.717, 1.165) is 27.4 Å². The first-order valence-corrected chi connectivity index (χ1v) is 11.6. The third-order valence-corrected chi connectivity index (χ3v) is 6.63. The summed E-state index contributed by atoms with van der Waals surface area (Å²) in [7, 11) is 1.53. The lowest BCUT2D eigenvalue weighted by molar-refractivity contribution is -0.123. The number of carbonyl (C=O) groups is 2. The van der Waals surface area contributed by atoms with E-state index in [9.17, 15) is 14.0 Å². The Kier molecular flexibility index (Phi) is 7.15. The number of ether oxygens (including phenoxy) is 2. The van der Waals surface area contributed by atoms with E-state index in [1.807, 2.05) is 24.3 Å². The average Bonchev–Trinajstić information content (AvgIpc) is 3.07. The molecule has 33 heavy (non-hydrogen) atoms. The van der Waals surface area contributed by atoms with Gasteiger partial charge in [0.05, 0.1) is 18.6 Å². The lowest BCUT2D eigenvalue weighted by Gasteiger charge is -2.13. The predicted molar refractivity (Wildman–Crippen MR) is 129 cm³/mol. The molecule has 1 fully saturated rings. The van der Waals surface area contributed by atoms with Crippen molar-refractivity contribution in [3.05, 3.63) is 98.6 Å². The third kappa shape index (κ3) is 5.46. The lowest BCUT2D eigenvalue weighted by Crippen LogP contribution is -2.27. The number of methoxy groups -OCH3 is 1. The second-order valence-electron chi connectivity index (χ2n) is 7.18. The van der Waals surface area contributed by atoms with Crippen LogP contribution in [0, 0.1) is 5.82 Å². The molecule has 0 saturated carbocycles. The first kappa shape index (κ1) is 23.1. The molecule has 0 N–H and O–H groups in total. The molecule has 1 aliphatic heterocycles. The Balaban J connectivity index is 1.52. The molecule has 5 nitrogen and oxygen atoms in total. The summed E-state index contributed by atoms with van der Waals surface area (Å²) in [6.45, 7) is 0.417. The highest BCUT2D eigenvalue weighted by atomic mass is 79.9. The summed E-state index contributed by atoms with van der Waals surface area (Å²) in [5, 5.41) is -0.316. The molecule has 0 aromatic heterocycles. The van der Waals surface area contributed by atoms with Crippen LogP contribution in [0.2, 0.25) is 0 Å². The number of thioether (sulfide) groups is 1. The molecule has 168 valence electrons. The Morgan fingerprint density at radius 3 is 2.52 bits per heavy atom. The Morgan fingerprint density at radius 2 is 1.79 bits per heavy atom. The van der Waals surface area contributed by atoms with Gasteiger partial charge in [-0.1, -0.05) is 52.3 Å². The minimum Gasteiger partial charge on any atom is -0.493 e. The van der Waals surface area contributed by atoms with Crippen LogP contribution in [0.25, 0.3) is 6.08 Å². The quantitative estimate of drug-likeness (QED) is 0.332. The number of imide groups is 1. The summed E-state index contributed by atoms with van der Waals surface area (Å²) in [6, 6.07) is 18.8. The minimum atomic E-state index is -0.342. The van der Waals surface area contributed by atoms with Crippen molar-refractivity contribution in [3.8, 4) is 11.5 Å². The first-order valence-electron chi connectivity index (χ1n) is 9.98. The van der Waals surface area contributed by atoms with Gasteiger partial charge in [-0.15, -0.1) is 0 Å². The maximum absolute atomic E-state index is 13.1. The van der Waals surface area contributed by atoms with Crippen LogP contribution in [-0.4, -0.2) is 23.2 Å². The molecule has 3 aromatic rings. The van der Waals surface area contributed by atoms with E-state index < -0.39 is 0 Å². The maximum atomic E-state index is 13.1. The van der Waals surface area contributed by atoms with Gasteiger partial charge in [0.15, 0.2) is 11.5 Å². The molecular formula is C25H19BrFNO4S. The van der Waals surface area contributed by atoms with Crippen molar-refractivity contribution in [1.82, 2.24) is 4.90 Å². The smallest absolute Gasteiger partial charge is 0.293 e. The van der Waals surface area contributed by atoms with Crippen molar-refractivity contribution in [2.75, 3.05) is 7.11 Å². The average molecular weight is 528 g/mol. The molecule has 0 spiro atoms. The SMILES string of the molecule is COc1ccc(/C=C2\SC(=O)N(Cc3ccccc3Br)C2=O)cc1OCc1ccc(F)cc1. The van der Waals surface area contributed by atoms with Gasteiger partial charge in [-0.3, -0.25) is 14.5 Å². The van der Waals surface area contributed by atoms with Crippen molar-refractivity contribution in [1.29, 1.82) is 0 Å². The van der Waals surface area contributed by atoms with Gasteiger partial charge in [-0.05, 0) is 64.9 Å². The number of benzene rings is 3. The van der Waals surface area contributed by atoms with Gasteiger partial charge < -0.3 is 9.47 Å². The molecule has 0 bridgehead atoms. The van der Waals surface area contributed by atoms with Gasteiger partial charge in [-0.25, -0.2) is 4.39 Å². The fraction of sp³-hybridized carbons (Fsp3) is 0.120. The van der Waals surface area contributed by atoms with Crippen molar-refractivity contribution >= 4 is 44.9 Å². The standard InChI is InChI=1S/C25H19BrFNO4S/c1-31-21-11-8-17(12-22(21)32-15-16-6-9-19(27)10-7-16)13-23-24(29)28(25(30)33-23)14-18-4-2-3-5-20(18)26/h2-13H,14-15H2,1H3/b23-13-. The van der Waals surface area contributed by atoms with E-state index in [1.165, 1.54) is 24.1 Å². The van der Waals surface area contributed by atoms with Gasteiger partial charge >= 0.3 is 0 Å². The Morgan fingerprint density at radius 1 is 1.03 bits per heavy atom. The lowest BCUT2D eigenvalue weighted by atomic mass is 10.1. The zero-order chi connectivity index (χ0) is 23.4. The summed E-state index contributed by atoms with van der Waals surface area (Å²) in [4.78, 5) is 27.0. The van der Waals surface area contributed by atoms with Gasteiger partial charge in [-0.2, -0.15) is 0 Å². The third-order valence-electron chi connectivity index (χ3n) is 4.95. The van der Waals surface area contributed by atoms with Crippen LogP contribution in [0.5, 0.6) is 11.5 Å². The summed E-state index contributed by atoms with van der Waals surface area (Å²) in [5.74, 6) is 0.344. The van der Waals surface area contributed by atoms with Crippen LogP contribution < -0.4 is 9.47 Å². The van der Waals surface area contributed by atoms with Gasteiger partial charge in [0.1, 0.15) is 12.4 Å². The van der Waals surface area contributed by atoms with Crippen molar-refractivity contribution in [2.45, 2.75) is 13.2 Å². The molecule has 0 radical (unpaired) electrons. The van der Waals surface area contributed by atoms with E-state index in [1.54, 1.807) is 36.4 Å². The fourth-order valence-corrected chi connectivity index (χ4v) is 4.47. The maximum Gasteiger partial charge on any atom is 0.293 e. The summed E-state index contributed by atoms with van der Waals surface area (Å²) in [5.41, 5.74) is 2.34. The van der Waals surface area contributed by atoms with E-state index in [2.05, 4.69) is 15.9 Å². The second kappa shape index (κ2) is 10.2. The van der Waals surface area contributed by atoms with Crippen LogP contribution >= 0.6 is 27.7 Å². The molecule has 2 amide bonds. The van der Waals surface area contributed by atoms with E-state index >= 15 is 0 Å². The molecule has 3 aromatic carbocycles. The molecule has 8 heteroatoms. The summed E-state index contributed by atoms with van der Waals surface area (Å²) in [6.07, 6.45) is 1.66. The molecule has 0 aliphatic carbocycles. The van der Waals surface area contributed by atoms with Crippen molar-refractivity contribution in [3.63, 3.8) is 0 Å². The fourth-order valence-electron chi connectivity index (χ4n) is 3.22. The second-order valence-corrected chi connectivity index (χ2v) is 9.03. The van der Waals surface area contributed by atoms with Gasteiger partial charge in [0.2, 0.25) is 0 Å². The molecular weight excluding hydrogens is 509 g/mol. The van der Waals surface area contributed by atoms with Crippen LogP contribution in [0.4, 0.5) is 9.18 Å². The van der Waals surface area contributed by atoms with Crippen LogP contribution in [0.15, 0.2) is 76.1 Å². The van der Waals surface area contributed by atoms with Crippen molar-refractivity contribution in [2.24, 2.45) is 0 Å². The van der Waals surface area contributed by atoms with Crippen LogP contribution in [0.1, 0.15) is 16.7 Å². The van der Waals surface area contributed by atoms with E-state index in [4.69, 9.17) is 9.47 Å². The highest BCUT2D eigenvalue weighted by Gasteiger charge is 2.35. The topological polar surface area (TPSA) is 55.8 Å². The van der Waals surface area contributed by atoms with Crippen LogP contribution in [-0.2, 0) is 17.9 Å². The van der Waals surface area contributed by atoms with Crippen LogP contribution in [0.3, 0.4) is 0 Å². The number of rotatable bonds is 7. The molecule has 4 rings (SSSR count). The monoisotopic (exact) mass is 527 g/mol. The minimum absolute atomic E-state index is 0.193.